The average molecular weight is 352 g/mol. The van der Waals surface area contributed by atoms with Crippen molar-refractivity contribution < 1.29 is 0 Å². The molecule has 108 valence electrons. The molecule has 0 fully saturated rings. The lowest BCUT2D eigenvalue weighted by atomic mass is 10.00. The Morgan fingerprint density at radius 2 is 1.80 bits per heavy atom. The van der Waals surface area contributed by atoms with Gasteiger partial charge in [-0.2, -0.15) is 0 Å². The smallest absolute Gasteiger partial charge is 0.0327 e. The molecule has 0 aliphatic heterocycles. The van der Waals surface area contributed by atoms with Crippen molar-refractivity contribution in [1.82, 2.24) is 5.32 Å². The fraction of sp³-hybridized carbons (Fsp3) is 0.412. The molecule has 1 N–H and O–H groups in total. The first-order valence-electron chi connectivity index (χ1n) is 7.10. The van der Waals surface area contributed by atoms with Gasteiger partial charge >= 0.3 is 0 Å². The standard InChI is InChI=1S/C17H22BrNS/c1-12(2)10-14-4-6-15(7-5-14)13(3)19-11-17-16(18)8-9-20-17/h4-9,12-13,19H,10-11H2,1-3H3. The minimum absolute atomic E-state index is 0.372. The van der Waals surface area contributed by atoms with Gasteiger partial charge in [-0.05, 0) is 57.8 Å². The molecule has 0 saturated heterocycles. The maximum absolute atomic E-state index is 3.58. The van der Waals surface area contributed by atoms with Crippen LogP contribution in [-0.4, -0.2) is 0 Å². The van der Waals surface area contributed by atoms with Gasteiger partial charge in [0, 0.05) is 21.9 Å². The lowest BCUT2D eigenvalue weighted by Crippen LogP contribution is -2.17. The number of benzene rings is 1. The van der Waals surface area contributed by atoms with E-state index in [-0.39, 0.29) is 0 Å². The van der Waals surface area contributed by atoms with Gasteiger partial charge in [0.2, 0.25) is 0 Å². The molecule has 0 amide bonds. The molecule has 20 heavy (non-hydrogen) atoms. The average Bonchev–Trinajstić information content (AvgIpc) is 2.82. The summed E-state index contributed by atoms with van der Waals surface area (Å²) in [6, 6.07) is 11.5. The topological polar surface area (TPSA) is 12.0 Å². The van der Waals surface area contributed by atoms with Crippen LogP contribution in [0.1, 0.15) is 42.8 Å². The van der Waals surface area contributed by atoms with Crippen LogP contribution in [0, 0.1) is 5.92 Å². The van der Waals surface area contributed by atoms with Crippen molar-refractivity contribution in [3.8, 4) is 0 Å². The zero-order valence-corrected chi connectivity index (χ0v) is 14.7. The number of thiophene rings is 1. The van der Waals surface area contributed by atoms with Crippen molar-refractivity contribution in [1.29, 1.82) is 0 Å². The zero-order valence-electron chi connectivity index (χ0n) is 12.3. The summed E-state index contributed by atoms with van der Waals surface area (Å²) in [7, 11) is 0. The number of halogens is 1. The summed E-state index contributed by atoms with van der Waals surface area (Å²) >= 11 is 5.36. The minimum atomic E-state index is 0.372. The largest absolute Gasteiger partial charge is 0.305 e. The minimum Gasteiger partial charge on any atom is -0.305 e. The maximum Gasteiger partial charge on any atom is 0.0327 e. The Labute approximate surface area is 134 Å². The molecule has 0 saturated carbocycles. The summed E-state index contributed by atoms with van der Waals surface area (Å²) in [6.07, 6.45) is 1.16. The van der Waals surface area contributed by atoms with Crippen LogP contribution in [0.25, 0.3) is 0 Å². The molecular formula is C17H22BrNS. The van der Waals surface area contributed by atoms with Gasteiger partial charge in [0.15, 0.2) is 0 Å². The monoisotopic (exact) mass is 351 g/mol. The van der Waals surface area contributed by atoms with E-state index in [0.717, 1.165) is 13.0 Å². The van der Waals surface area contributed by atoms with Crippen molar-refractivity contribution in [2.45, 2.75) is 39.8 Å². The molecule has 1 aromatic carbocycles. The van der Waals surface area contributed by atoms with Gasteiger partial charge in [-0.15, -0.1) is 11.3 Å². The third kappa shape index (κ3) is 4.44. The van der Waals surface area contributed by atoms with Crippen LogP contribution in [0.15, 0.2) is 40.2 Å². The first kappa shape index (κ1) is 15.7. The molecule has 2 rings (SSSR count). The van der Waals surface area contributed by atoms with E-state index in [9.17, 15) is 0 Å². The van der Waals surface area contributed by atoms with Gasteiger partial charge < -0.3 is 5.32 Å². The number of hydrogen-bond acceptors (Lipinski definition) is 2. The molecule has 1 atom stereocenters. The summed E-state index contributed by atoms with van der Waals surface area (Å²) in [5, 5.41) is 5.70. The van der Waals surface area contributed by atoms with E-state index in [1.165, 1.54) is 20.5 Å². The Balaban J connectivity index is 1.92. The third-order valence-corrected chi connectivity index (χ3v) is 5.31. The molecule has 3 heteroatoms. The predicted molar refractivity (Wildman–Crippen MR) is 92.3 cm³/mol. The number of rotatable bonds is 6. The van der Waals surface area contributed by atoms with Gasteiger partial charge in [0.25, 0.3) is 0 Å². The van der Waals surface area contributed by atoms with Gasteiger partial charge in [0.05, 0.1) is 0 Å². The molecular weight excluding hydrogens is 330 g/mol. The van der Waals surface area contributed by atoms with E-state index in [4.69, 9.17) is 0 Å². The second-order valence-corrected chi connectivity index (χ2v) is 7.49. The lowest BCUT2D eigenvalue weighted by Gasteiger charge is -2.15. The Hall–Kier alpha value is -0.640. The van der Waals surface area contributed by atoms with Gasteiger partial charge in [-0.25, -0.2) is 0 Å². The fourth-order valence-corrected chi connectivity index (χ4v) is 3.67. The zero-order chi connectivity index (χ0) is 14.5. The second kappa shape index (κ2) is 7.39. The molecule has 0 aliphatic rings. The highest BCUT2D eigenvalue weighted by Gasteiger charge is 2.07. The van der Waals surface area contributed by atoms with Gasteiger partial charge in [-0.3, -0.25) is 0 Å². The lowest BCUT2D eigenvalue weighted by molar-refractivity contribution is 0.577. The van der Waals surface area contributed by atoms with E-state index in [1.54, 1.807) is 11.3 Å². The first-order valence-corrected chi connectivity index (χ1v) is 8.77. The summed E-state index contributed by atoms with van der Waals surface area (Å²) in [5.74, 6) is 0.715. The molecule has 1 nitrogen and oxygen atoms in total. The van der Waals surface area contributed by atoms with E-state index >= 15 is 0 Å². The maximum atomic E-state index is 3.58. The van der Waals surface area contributed by atoms with Crippen molar-refractivity contribution in [3.05, 3.63) is 56.2 Å². The van der Waals surface area contributed by atoms with E-state index in [1.807, 2.05) is 0 Å². The third-order valence-electron chi connectivity index (χ3n) is 3.38. The fourth-order valence-electron chi connectivity index (χ4n) is 2.23. The second-order valence-electron chi connectivity index (χ2n) is 5.63. The molecule has 2 aromatic rings. The highest BCUT2D eigenvalue weighted by molar-refractivity contribution is 9.10. The van der Waals surface area contributed by atoms with Crippen LogP contribution in [0.3, 0.4) is 0 Å². The van der Waals surface area contributed by atoms with Crippen molar-refractivity contribution >= 4 is 27.3 Å². The Kier molecular flexibility index (Phi) is 5.82. The Morgan fingerprint density at radius 3 is 2.35 bits per heavy atom. The van der Waals surface area contributed by atoms with Crippen LogP contribution in [0.4, 0.5) is 0 Å². The predicted octanol–water partition coefficient (Wildman–Crippen LogP) is 5.56. The van der Waals surface area contributed by atoms with E-state index in [0.29, 0.717) is 12.0 Å². The van der Waals surface area contributed by atoms with Gasteiger partial charge in [0.1, 0.15) is 0 Å². The Morgan fingerprint density at radius 1 is 1.10 bits per heavy atom. The van der Waals surface area contributed by atoms with Crippen LogP contribution >= 0.6 is 27.3 Å². The summed E-state index contributed by atoms with van der Waals surface area (Å²) < 4.78 is 1.20. The summed E-state index contributed by atoms with van der Waals surface area (Å²) in [6.45, 7) is 7.65. The van der Waals surface area contributed by atoms with Gasteiger partial charge in [-0.1, -0.05) is 38.1 Å². The Bertz CT molecular complexity index is 530. The van der Waals surface area contributed by atoms with Crippen LogP contribution < -0.4 is 5.32 Å². The highest BCUT2D eigenvalue weighted by Crippen LogP contribution is 2.23. The highest BCUT2D eigenvalue weighted by atomic mass is 79.9. The van der Waals surface area contributed by atoms with Crippen molar-refractivity contribution in [2.75, 3.05) is 0 Å². The van der Waals surface area contributed by atoms with E-state index in [2.05, 4.69) is 77.7 Å². The number of hydrogen-bond donors (Lipinski definition) is 1. The molecule has 0 radical (unpaired) electrons. The summed E-state index contributed by atoms with van der Waals surface area (Å²) in [5.41, 5.74) is 2.78. The van der Waals surface area contributed by atoms with Crippen molar-refractivity contribution in [2.24, 2.45) is 5.92 Å². The molecule has 1 heterocycles. The summed E-state index contributed by atoms with van der Waals surface area (Å²) in [4.78, 5) is 1.35. The molecule has 0 bridgehead atoms. The molecule has 1 aromatic heterocycles. The molecule has 1 unspecified atom stereocenters. The quantitative estimate of drug-likeness (QED) is 0.718. The van der Waals surface area contributed by atoms with Crippen LogP contribution in [0.5, 0.6) is 0 Å². The number of nitrogens with one attached hydrogen (secondary N) is 1. The molecule has 0 spiro atoms. The normalized spacial score (nSPS) is 12.8. The first-order chi connectivity index (χ1) is 9.56. The SMILES string of the molecule is CC(C)Cc1ccc(C(C)NCc2sccc2Br)cc1. The van der Waals surface area contributed by atoms with E-state index < -0.39 is 0 Å². The van der Waals surface area contributed by atoms with Crippen molar-refractivity contribution in [3.63, 3.8) is 0 Å². The molecule has 0 aliphatic carbocycles. The van der Waals surface area contributed by atoms with Crippen LogP contribution in [0.2, 0.25) is 0 Å². The van der Waals surface area contributed by atoms with Crippen LogP contribution in [-0.2, 0) is 13.0 Å².